The van der Waals surface area contributed by atoms with Crippen LogP contribution in [0.2, 0.25) is 0 Å². The predicted molar refractivity (Wildman–Crippen MR) is 59.7 cm³/mol. The van der Waals surface area contributed by atoms with E-state index in [1.807, 2.05) is 20.8 Å². The van der Waals surface area contributed by atoms with Gasteiger partial charge < -0.3 is 15.4 Å². The highest BCUT2D eigenvalue weighted by molar-refractivity contribution is 5.78. The minimum Gasteiger partial charge on any atom is -0.366 e. The van der Waals surface area contributed by atoms with Crippen molar-refractivity contribution in [1.82, 2.24) is 10.6 Å². The molecule has 0 saturated carbocycles. The van der Waals surface area contributed by atoms with E-state index in [0.29, 0.717) is 0 Å². The largest absolute Gasteiger partial charge is 0.366 e. The number of hydrogen-bond donors (Lipinski definition) is 2. The first-order chi connectivity index (χ1) is 6.81. The Morgan fingerprint density at radius 1 is 1.53 bits per heavy atom. The summed E-state index contributed by atoms with van der Waals surface area (Å²) in [4.78, 5) is 11.6. The molecule has 1 aliphatic heterocycles. The van der Waals surface area contributed by atoms with Crippen LogP contribution in [-0.2, 0) is 9.53 Å². The topological polar surface area (TPSA) is 50.4 Å². The third-order valence-electron chi connectivity index (χ3n) is 2.45. The Balaban J connectivity index is 2.30. The van der Waals surface area contributed by atoms with Crippen LogP contribution < -0.4 is 10.6 Å². The van der Waals surface area contributed by atoms with E-state index in [4.69, 9.17) is 4.74 Å². The van der Waals surface area contributed by atoms with E-state index in [1.165, 1.54) is 0 Å². The van der Waals surface area contributed by atoms with E-state index in [2.05, 4.69) is 17.6 Å². The molecule has 1 atom stereocenters. The SMILES string of the molecule is CC1(NC(=O)COC(C)(C)C)CCNC1. The van der Waals surface area contributed by atoms with Crippen LogP contribution in [0.5, 0.6) is 0 Å². The molecule has 0 spiro atoms. The second-order valence-electron chi connectivity index (χ2n) is 5.44. The molecule has 1 aliphatic rings. The van der Waals surface area contributed by atoms with Crippen molar-refractivity contribution in [3.63, 3.8) is 0 Å². The fraction of sp³-hybridized carbons (Fsp3) is 0.909. The van der Waals surface area contributed by atoms with Gasteiger partial charge in [-0.2, -0.15) is 0 Å². The maximum Gasteiger partial charge on any atom is 0.246 e. The maximum atomic E-state index is 11.6. The molecule has 2 N–H and O–H groups in total. The molecule has 15 heavy (non-hydrogen) atoms. The molecule has 1 rings (SSSR count). The zero-order valence-corrected chi connectivity index (χ0v) is 10.1. The van der Waals surface area contributed by atoms with E-state index < -0.39 is 0 Å². The number of ether oxygens (including phenoxy) is 1. The second kappa shape index (κ2) is 4.49. The third kappa shape index (κ3) is 4.62. The van der Waals surface area contributed by atoms with Gasteiger partial charge in [0.1, 0.15) is 6.61 Å². The predicted octanol–water partition coefficient (Wildman–Crippen LogP) is 0.670. The van der Waals surface area contributed by atoms with Gasteiger partial charge in [-0.3, -0.25) is 4.79 Å². The highest BCUT2D eigenvalue weighted by atomic mass is 16.5. The average molecular weight is 214 g/mol. The standard InChI is InChI=1S/C11H22N2O2/c1-10(2,3)15-7-9(14)13-11(4)5-6-12-8-11/h12H,5-8H2,1-4H3,(H,13,14). The van der Waals surface area contributed by atoms with Crippen LogP contribution in [0.3, 0.4) is 0 Å². The summed E-state index contributed by atoms with van der Waals surface area (Å²) in [6.07, 6.45) is 0.980. The first-order valence-electron chi connectivity index (χ1n) is 5.46. The lowest BCUT2D eigenvalue weighted by Crippen LogP contribution is -2.49. The molecule has 1 saturated heterocycles. The van der Waals surface area contributed by atoms with Crippen molar-refractivity contribution in [2.45, 2.75) is 45.3 Å². The highest BCUT2D eigenvalue weighted by Gasteiger charge is 2.30. The summed E-state index contributed by atoms with van der Waals surface area (Å²) in [6.45, 7) is 9.84. The number of carbonyl (C=O) groups is 1. The summed E-state index contributed by atoms with van der Waals surface area (Å²) in [7, 11) is 0. The summed E-state index contributed by atoms with van der Waals surface area (Å²) < 4.78 is 5.41. The van der Waals surface area contributed by atoms with Crippen LogP contribution >= 0.6 is 0 Å². The van der Waals surface area contributed by atoms with Crippen molar-refractivity contribution in [3.8, 4) is 0 Å². The zero-order chi connectivity index (χ0) is 11.5. The normalized spacial score (nSPS) is 26.7. The fourth-order valence-electron chi connectivity index (χ4n) is 1.58. The second-order valence-corrected chi connectivity index (χ2v) is 5.44. The molecule has 1 fully saturated rings. The molecule has 4 nitrogen and oxygen atoms in total. The van der Waals surface area contributed by atoms with Gasteiger partial charge in [0.15, 0.2) is 0 Å². The Bertz CT molecular complexity index is 227. The molecule has 88 valence electrons. The first-order valence-corrected chi connectivity index (χ1v) is 5.46. The van der Waals surface area contributed by atoms with E-state index in [9.17, 15) is 4.79 Å². The van der Waals surface area contributed by atoms with Crippen molar-refractivity contribution in [3.05, 3.63) is 0 Å². The lowest BCUT2D eigenvalue weighted by Gasteiger charge is -2.26. The Hall–Kier alpha value is -0.610. The quantitative estimate of drug-likeness (QED) is 0.726. The number of rotatable bonds is 3. The molecule has 1 heterocycles. The van der Waals surface area contributed by atoms with Gasteiger partial charge in [0.05, 0.1) is 11.1 Å². The third-order valence-corrected chi connectivity index (χ3v) is 2.45. The van der Waals surface area contributed by atoms with Gasteiger partial charge >= 0.3 is 0 Å². The zero-order valence-electron chi connectivity index (χ0n) is 10.1. The summed E-state index contributed by atoms with van der Waals surface area (Å²) in [5, 5.41) is 6.24. The molecule has 0 aliphatic carbocycles. The van der Waals surface area contributed by atoms with Crippen LogP contribution in [-0.4, -0.2) is 36.7 Å². The van der Waals surface area contributed by atoms with Crippen molar-refractivity contribution < 1.29 is 9.53 Å². The molecule has 1 unspecified atom stereocenters. The number of hydrogen-bond acceptors (Lipinski definition) is 3. The maximum absolute atomic E-state index is 11.6. The van der Waals surface area contributed by atoms with Crippen LogP contribution in [0.25, 0.3) is 0 Å². The minimum absolute atomic E-state index is 0.0314. The van der Waals surface area contributed by atoms with Crippen LogP contribution in [0.15, 0.2) is 0 Å². The molecule has 1 amide bonds. The van der Waals surface area contributed by atoms with Gasteiger partial charge in [0, 0.05) is 6.54 Å². The van der Waals surface area contributed by atoms with Gasteiger partial charge in [-0.25, -0.2) is 0 Å². The van der Waals surface area contributed by atoms with Crippen LogP contribution in [0.4, 0.5) is 0 Å². The van der Waals surface area contributed by atoms with Gasteiger partial charge in [-0.05, 0) is 40.7 Å². The smallest absolute Gasteiger partial charge is 0.246 e. The molecule has 0 radical (unpaired) electrons. The van der Waals surface area contributed by atoms with E-state index >= 15 is 0 Å². The van der Waals surface area contributed by atoms with E-state index in [-0.39, 0.29) is 23.7 Å². The van der Waals surface area contributed by atoms with Crippen molar-refractivity contribution in [2.75, 3.05) is 19.7 Å². The first kappa shape index (κ1) is 12.5. The molecule has 4 heteroatoms. The summed E-state index contributed by atoms with van der Waals surface area (Å²) in [6, 6.07) is 0. The summed E-state index contributed by atoms with van der Waals surface area (Å²) in [5.41, 5.74) is -0.357. The van der Waals surface area contributed by atoms with Gasteiger partial charge in [0.2, 0.25) is 5.91 Å². The Morgan fingerprint density at radius 3 is 2.67 bits per heavy atom. The molecule has 0 aromatic rings. The van der Waals surface area contributed by atoms with Gasteiger partial charge in [0.25, 0.3) is 0 Å². The molecule has 0 bridgehead atoms. The van der Waals surface area contributed by atoms with Gasteiger partial charge in [-0.1, -0.05) is 0 Å². The van der Waals surface area contributed by atoms with E-state index in [1.54, 1.807) is 0 Å². The summed E-state index contributed by atoms with van der Waals surface area (Å²) in [5.74, 6) is -0.0314. The minimum atomic E-state index is -0.258. The van der Waals surface area contributed by atoms with Crippen molar-refractivity contribution in [1.29, 1.82) is 0 Å². The number of amides is 1. The summed E-state index contributed by atoms with van der Waals surface area (Å²) >= 11 is 0. The average Bonchev–Trinajstić information content (AvgIpc) is 2.47. The van der Waals surface area contributed by atoms with Crippen molar-refractivity contribution >= 4 is 5.91 Å². The number of nitrogens with one attached hydrogen (secondary N) is 2. The Morgan fingerprint density at radius 2 is 2.20 bits per heavy atom. The van der Waals surface area contributed by atoms with E-state index in [0.717, 1.165) is 19.5 Å². The van der Waals surface area contributed by atoms with Crippen molar-refractivity contribution in [2.24, 2.45) is 0 Å². The lowest BCUT2D eigenvalue weighted by molar-refractivity contribution is -0.132. The Kier molecular flexibility index (Phi) is 3.73. The van der Waals surface area contributed by atoms with Crippen LogP contribution in [0, 0.1) is 0 Å². The fourth-order valence-corrected chi connectivity index (χ4v) is 1.58. The molecule has 0 aromatic heterocycles. The van der Waals surface area contributed by atoms with Crippen LogP contribution in [0.1, 0.15) is 34.1 Å². The van der Waals surface area contributed by atoms with Gasteiger partial charge in [-0.15, -0.1) is 0 Å². The lowest BCUT2D eigenvalue weighted by atomic mass is 10.0. The monoisotopic (exact) mass is 214 g/mol. The highest BCUT2D eigenvalue weighted by Crippen LogP contribution is 2.13. The Labute approximate surface area is 91.8 Å². The molecular weight excluding hydrogens is 192 g/mol. The molecule has 0 aromatic carbocycles. The molecular formula is C11H22N2O2. The number of carbonyl (C=O) groups excluding carboxylic acids is 1.